The predicted octanol–water partition coefficient (Wildman–Crippen LogP) is 1.48. The third-order valence-corrected chi connectivity index (χ3v) is 4.72. The van der Waals surface area contributed by atoms with Crippen molar-refractivity contribution in [3.8, 4) is 11.5 Å². The van der Waals surface area contributed by atoms with E-state index in [-0.39, 0.29) is 4.90 Å². The van der Waals surface area contributed by atoms with Crippen molar-refractivity contribution in [1.82, 2.24) is 14.5 Å². The highest BCUT2D eigenvalue weighted by Crippen LogP contribution is 2.30. The van der Waals surface area contributed by atoms with Crippen LogP contribution in [0.25, 0.3) is 0 Å². The molecule has 1 N–H and O–H groups in total. The van der Waals surface area contributed by atoms with Gasteiger partial charge in [0, 0.05) is 24.8 Å². The van der Waals surface area contributed by atoms with Crippen molar-refractivity contribution in [1.29, 1.82) is 0 Å². The Balaban J connectivity index is 2.30. The van der Waals surface area contributed by atoms with E-state index in [2.05, 4.69) is 9.82 Å². The topological polar surface area (TPSA) is 82.4 Å². The van der Waals surface area contributed by atoms with Gasteiger partial charge in [0.25, 0.3) is 0 Å². The summed E-state index contributed by atoms with van der Waals surface area (Å²) in [4.78, 5) is 0.115. The molecule has 0 amide bonds. The molecule has 8 heteroatoms. The lowest BCUT2D eigenvalue weighted by Gasteiger charge is -2.17. The summed E-state index contributed by atoms with van der Waals surface area (Å²) in [5.74, 6) is 1.21. The number of ether oxygens (including phenoxy) is 2. The van der Waals surface area contributed by atoms with Gasteiger partial charge in [-0.05, 0) is 25.1 Å². The lowest BCUT2D eigenvalue weighted by atomic mass is 10.1. The maximum absolute atomic E-state index is 12.3. The van der Waals surface area contributed by atoms with Gasteiger partial charge < -0.3 is 9.47 Å². The van der Waals surface area contributed by atoms with E-state index in [1.165, 1.54) is 24.2 Å². The Morgan fingerprint density at radius 3 is 2.55 bits per heavy atom. The van der Waals surface area contributed by atoms with Gasteiger partial charge in [0.05, 0.1) is 20.4 Å². The first kappa shape index (κ1) is 16.3. The molecule has 0 aliphatic heterocycles. The van der Waals surface area contributed by atoms with Crippen LogP contribution in [0.1, 0.15) is 18.5 Å². The zero-order valence-corrected chi connectivity index (χ0v) is 13.7. The van der Waals surface area contributed by atoms with E-state index in [4.69, 9.17) is 9.47 Å². The molecule has 2 rings (SSSR count). The third kappa shape index (κ3) is 3.40. The van der Waals surface area contributed by atoms with Gasteiger partial charge in [-0.25, -0.2) is 13.1 Å². The molecule has 0 saturated heterocycles. The third-order valence-electron chi connectivity index (χ3n) is 3.23. The van der Waals surface area contributed by atoms with E-state index < -0.39 is 16.1 Å². The molecule has 120 valence electrons. The van der Waals surface area contributed by atoms with E-state index in [0.29, 0.717) is 17.1 Å². The summed E-state index contributed by atoms with van der Waals surface area (Å²) < 4.78 is 39.2. The van der Waals surface area contributed by atoms with Crippen molar-refractivity contribution in [2.75, 3.05) is 14.2 Å². The van der Waals surface area contributed by atoms with Gasteiger partial charge in [0.1, 0.15) is 16.4 Å². The van der Waals surface area contributed by atoms with Crippen LogP contribution < -0.4 is 14.2 Å². The minimum atomic E-state index is -3.66. The lowest BCUT2D eigenvalue weighted by molar-refractivity contribution is 0.395. The Bertz CT molecular complexity index is 755. The Kier molecular flexibility index (Phi) is 4.72. The van der Waals surface area contributed by atoms with Gasteiger partial charge in [-0.15, -0.1) is 0 Å². The monoisotopic (exact) mass is 325 g/mol. The second-order valence-corrected chi connectivity index (χ2v) is 6.51. The van der Waals surface area contributed by atoms with Gasteiger partial charge in [0.15, 0.2) is 0 Å². The highest BCUT2D eigenvalue weighted by Gasteiger charge is 2.22. The number of nitrogens with zero attached hydrogens (tertiary/aromatic N) is 2. The molecule has 0 aliphatic rings. The summed E-state index contributed by atoms with van der Waals surface area (Å²) in [6.07, 6.45) is 2.75. The fraction of sp³-hybridized carbons (Fsp3) is 0.357. The van der Waals surface area contributed by atoms with Gasteiger partial charge in [-0.3, -0.25) is 4.68 Å². The Morgan fingerprint density at radius 2 is 2.00 bits per heavy atom. The van der Waals surface area contributed by atoms with E-state index >= 15 is 0 Å². The highest BCUT2D eigenvalue weighted by molar-refractivity contribution is 7.89. The largest absolute Gasteiger partial charge is 0.497 e. The van der Waals surface area contributed by atoms with Crippen LogP contribution in [0.2, 0.25) is 0 Å². The number of nitrogens with one attached hydrogen (secondary N) is 1. The number of benzene rings is 1. The summed E-state index contributed by atoms with van der Waals surface area (Å²) >= 11 is 0. The molecule has 0 bridgehead atoms. The maximum Gasteiger partial charge on any atom is 0.244 e. The molecule has 0 saturated carbocycles. The van der Waals surface area contributed by atoms with E-state index in [1.54, 1.807) is 39.3 Å². The minimum Gasteiger partial charge on any atom is -0.497 e. The molecule has 0 fully saturated rings. The fourth-order valence-corrected chi connectivity index (χ4v) is 3.29. The molecule has 7 nitrogen and oxygen atoms in total. The quantitative estimate of drug-likeness (QED) is 0.870. The molecule has 1 unspecified atom stereocenters. The molecule has 1 aromatic heterocycles. The van der Waals surface area contributed by atoms with Crippen molar-refractivity contribution < 1.29 is 17.9 Å². The summed E-state index contributed by atoms with van der Waals surface area (Å²) in [6.45, 7) is 1.74. The van der Waals surface area contributed by atoms with Crippen molar-refractivity contribution in [3.05, 3.63) is 36.2 Å². The second-order valence-electron chi connectivity index (χ2n) is 4.80. The molecule has 1 atom stereocenters. The molecule has 1 heterocycles. The fourth-order valence-electron chi connectivity index (χ4n) is 2.08. The Morgan fingerprint density at radius 1 is 1.27 bits per heavy atom. The number of aryl methyl sites for hydroxylation is 1. The minimum absolute atomic E-state index is 0.115. The van der Waals surface area contributed by atoms with Crippen LogP contribution in [-0.2, 0) is 17.1 Å². The zero-order chi connectivity index (χ0) is 16.3. The first-order valence-corrected chi connectivity index (χ1v) is 8.08. The number of hydrogen-bond acceptors (Lipinski definition) is 5. The summed E-state index contributed by atoms with van der Waals surface area (Å²) in [5, 5.41) is 3.88. The van der Waals surface area contributed by atoms with Gasteiger partial charge in [-0.1, -0.05) is 0 Å². The van der Waals surface area contributed by atoms with E-state index in [1.807, 2.05) is 0 Å². The molecule has 22 heavy (non-hydrogen) atoms. The van der Waals surface area contributed by atoms with Crippen molar-refractivity contribution in [3.63, 3.8) is 0 Å². The van der Waals surface area contributed by atoms with E-state index in [9.17, 15) is 8.42 Å². The first-order valence-electron chi connectivity index (χ1n) is 6.60. The molecule has 0 spiro atoms. The maximum atomic E-state index is 12.3. The van der Waals surface area contributed by atoms with Crippen molar-refractivity contribution in [2.24, 2.45) is 7.05 Å². The highest BCUT2D eigenvalue weighted by atomic mass is 32.2. The SMILES string of the molecule is COc1ccc(OC)c(C(C)NS(=O)(=O)c2cnn(C)c2)c1. The molecule has 0 aliphatic carbocycles. The standard InChI is InChI=1S/C14H19N3O4S/c1-10(13-7-11(20-3)5-6-14(13)21-4)16-22(18,19)12-8-15-17(2)9-12/h5-10,16H,1-4H3. The van der Waals surface area contributed by atoms with Gasteiger partial charge in [-0.2, -0.15) is 5.10 Å². The molecule has 0 radical (unpaired) electrons. The number of hydrogen-bond donors (Lipinski definition) is 1. The molecular weight excluding hydrogens is 306 g/mol. The number of sulfonamides is 1. The van der Waals surface area contributed by atoms with Crippen molar-refractivity contribution >= 4 is 10.0 Å². The predicted molar refractivity (Wildman–Crippen MR) is 81.5 cm³/mol. The summed E-state index contributed by atoms with van der Waals surface area (Å²) in [5.41, 5.74) is 0.689. The lowest BCUT2D eigenvalue weighted by Crippen LogP contribution is -2.27. The Labute approximate surface area is 129 Å². The van der Waals surface area contributed by atoms with Crippen LogP contribution in [0.3, 0.4) is 0 Å². The summed E-state index contributed by atoms with van der Waals surface area (Å²) in [6, 6.07) is 4.75. The molecule has 1 aromatic carbocycles. The molecular formula is C14H19N3O4S. The number of rotatable bonds is 6. The first-order chi connectivity index (χ1) is 10.4. The number of methoxy groups -OCH3 is 2. The van der Waals surface area contributed by atoms with Gasteiger partial charge >= 0.3 is 0 Å². The van der Waals surface area contributed by atoms with Crippen LogP contribution in [0.15, 0.2) is 35.5 Å². The Hall–Kier alpha value is -2.06. The zero-order valence-electron chi connectivity index (χ0n) is 12.9. The van der Waals surface area contributed by atoms with Crippen LogP contribution in [0.5, 0.6) is 11.5 Å². The second kappa shape index (κ2) is 6.37. The summed E-state index contributed by atoms with van der Waals surface area (Å²) in [7, 11) is 1.09. The van der Waals surface area contributed by atoms with Crippen molar-refractivity contribution in [2.45, 2.75) is 17.9 Å². The number of aromatic nitrogens is 2. The van der Waals surface area contributed by atoms with E-state index in [0.717, 1.165) is 0 Å². The van der Waals surface area contributed by atoms with Crippen LogP contribution in [-0.4, -0.2) is 32.4 Å². The smallest absolute Gasteiger partial charge is 0.244 e. The average Bonchev–Trinajstić information content (AvgIpc) is 2.93. The normalized spacial score (nSPS) is 12.9. The molecule has 2 aromatic rings. The van der Waals surface area contributed by atoms with Crippen LogP contribution in [0.4, 0.5) is 0 Å². The van der Waals surface area contributed by atoms with Crippen LogP contribution >= 0.6 is 0 Å². The average molecular weight is 325 g/mol. The van der Waals surface area contributed by atoms with Crippen LogP contribution in [0, 0.1) is 0 Å². The van der Waals surface area contributed by atoms with Gasteiger partial charge in [0.2, 0.25) is 10.0 Å².